The zero-order chi connectivity index (χ0) is 15.5. The minimum atomic E-state index is -0.580. The highest BCUT2D eigenvalue weighted by Crippen LogP contribution is 2.25. The first-order chi connectivity index (χ1) is 9.83. The van der Waals surface area contributed by atoms with Crippen molar-refractivity contribution in [3.8, 4) is 5.75 Å². The van der Waals surface area contributed by atoms with Crippen molar-refractivity contribution >= 4 is 23.4 Å². The Morgan fingerprint density at radius 3 is 2.86 bits per heavy atom. The van der Waals surface area contributed by atoms with E-state index in [1.807, 2.05) is 0 Å². The molecule has 116 valence electrons. The maximum atomic E-state index is 11.7. The van der Waals surface area contributed by atoms with E-state index in [0.29, 0.717) is 24.1 Å². The molecule has 1 atom stereocenters. The van der Waals surface area contributed by atoms with E-state index in [-0.39, 0.29) is 5.15 Å². The van der Waals surface area contributed by atoms with Gasteiger partial charge in [0.25, 0.3) is 0 Å². The number of aromatic nitrogens is 1. The number of carbonyl (C=O) groups excluding carboxylic acids is 1. The van der Waals surface area contributed by atoms with Gasteiger partial charge in [-0.05, 0) is 33.7 Å². The molecule has 0 aliphatic carbocycles. The van der Waals surface area contributed by atoms with Gasteiger partial charge in [-0.15, -0.1) is 0 Å². The molecule has 7 heteroatoms. The largest absolute Gasteiger partial charge is 0.490 e. The van der Waals surface area contributed by atoms with Crippen molar-refractivity contribution in [3.05, 3.63) is 17.4 Å². The van der Waals surface area contributed by atoms with Gasteiger partial charge in [0, 0.05) is 12.1 Å². The van der Waals surface area contributed by atoms with E-state index < -0.39 is 11.7 Å². The van der Waals surface area contributed by atoms with Gasteiger partial charge in [0.2, 0.25) is 0 Å². The van der Waals surface area contributed by atoms with Crippen molar-refractivity contribution in [3.63, 3.8) is 0 Å². The van der Waals surface area contributed by atoms with E-state index in [2.05, 4.69) is 15.6 Å². The van der Waals surface area contributed by atoms with Gasteiger partial charge in [-0.3, -0.25) is 5.32 Å². The van der Waals surface area contributed by atoms with E-state index in [9.17, 15) is 4.79 Å². The fourth-order valence-electron chi connectivity index (χ4n) is 1.70. The summed E-state index contributed by atoms with van der Waals surface area (Å²) in [6, 6.07) is 2.01. The highest BCUT2D eigenvalue weighted by molar-refractivity contribution is 6.32. The molecule has 1 amide bonds. The van der Waals surface area contributed by atoms with Crippen molar-refractivity contribution in [1.82, 2.24) is 10.3 Å². The van der Waals surface area contributed by atoms with Gasteiger partial charge in [0.05, 0.1) is 11.9 Å². The number of nitrogens with one attached hydrogen (secondary N) is 2. The van der Waals surface area contributed by atoms with Crippen molar-refractivity contribution in [2.24, 2.45) is 0 Å². The Balaban J connectivity index is 1.95. The summed E-state index contributed by atoms with van der Waals surface area (Å²) in [5.41, 5.74) is -0.210. The molecule has 1 aliphatic heterocycles. The second-order valence-corrected chi connectivity index (χ2v) is 6.25. The highest BCUT2D eigenvalue weighted by atomic mass is 35.5. The van der Waals surface area contributed by atoms with Gasteiger partial charge in [-0.2, -0.15) is 0 Å². The molecular weight excluding hydrogens is 294 g/mol. The lowest BCUT2D eigenvalue weighted by Gasteiger charge is -2.27. The molecule has 0 aromatic carbocycles. The normalized spacial score (nSPS) is 17.8. The third-order valence-electron chi connectivity index (χ3n) is 2.83. The van der Waals surface area contributed by atoms with Gasteiger partial charge < -0.3 is 14.8 Å². The maximum Gasteiger partial charge on any atom is 0.412 e. The second-order valence-electron chi connectivity index (χ2n) is 5.89. The zero-order valence-electron chi connectivity index (χ0n) is 12.4. The van der Waals surface area contributed by atoms with Gasteiger partial charge in [-0.1, -0.05) is 11.6 Å². The van der Waals surface area contributed by atoms with Gasteiger partial charge >= 0.3 is 6.09 Å². The summed E-state index contributed by atoms with van der Waals surface area (Å²) in [5.74, 6) is 0.555. The Morgan fingerprint density at radius 2 is 2.29 bits per heavy atom. The summed E-state index contributed by atoms with van der Waals surface area (Å²) in [5, 5.41) is 6.00. The number of hydrogen-bond acceptors (Lipinski definition) is 5. The minimum absolute atomic E-state index is 0.190. The lowest BCUT2D eigenvalue weighted by atomic mass is 10.1. The van der Waals surface area contributed by atoms with Crippen LogP contribution in [0.2, 0.25) is 5.15 Å². The summed E-state index contributed by atoms with van der Waals surface area (Å²) in [6.07, 6.45) is 2.05. The van der Waals surface area contributed by atoms with E-state index in [0.717, 1.165) is 13.0 Å². The van der Waals surface area contributed by atoms with E-state index in [1.54, 1.807) is 26.8 Å². The Kier molecular flexibility index (Phi) is 4.90. The quantitative estimate of drug-likeness (QED) is 0.836. The zero-order valence-corrected chi connectivity index (χ0v) is 13.2. The van der Waals surface area contributed by atoms with Crippen molar-refractivity contribution in [2.75, 3.05) is 18.5 Å². The first kappa shape index (κ1) is 15.9. The SMILES string of the molecule is CC(C)(C)OC(=O)Nc1cc(OC[C@@H]2CCN2)cnc1Cl. The molecule has 2 rings (SSSR count). The fraction of sp³-hybridized carbons (Fsp3) is 0.571. The fourth-order valence-corrected chi connectivity index (χ4v) is 1.85. The molecule has 1 fully saturated rings. The van der Waals surface area contributed by atoms with Crippen LogP contribution < -0.4 is 15.4 Å². The predicted molar refractivity (Wildman–Crippen MR) is 81.0 cm³/mol. The van der Waals surface area contributed by atoms with Crippen LogP contribution in [0.5, 0.6) is 5.75 Å². The molecule has 21 heavy (non-hydrogen) atoms. The molecule has 1 saturated heterocycles. The predicted octanol–water partition coefficient (Wildman–Crippen LogP) is 2.82. The standard InChI is InChI=1S/C14H20ClN3O3/c1-14(2,3)21-13(19)18-11-6-10(7-17-12(11)15)20-8-9-4-5-16-9/h6-7,9,16H,4-5,8H2,1-3H3,(H,18,19)/t9-/m0/s1. The Hall–Kier alpha value is -1.53. The number of rotatable bonds is 4. The van der Waals surface area contributed by atoms with Gasteiger partial charge in [0.15, 0.2) is 5.15 Å². The number of anilines is 1. The number of nitrogens with zero attached hydrogens (tertiary/aromatic N) is 1. The van der Waals surface area contributed by atoms with E-state index in [1.165, 1.54) is 6.20 Å². The van der Waals surface area contributed by atoms with Gasteiger partial charge in [-0.25, -0.2) is 9.78 Å². The average Bonchev–Trinajstić information content (AvgIpc) is 2.28. The Bertz CT molecular complexity index is 513. The molecule has 0 radical (unpaired) electrons. The van der Waals surface area contributed by atoms with Crippen LogP contribution in [0, 0.1) is 0 Å². The summed E-state index contributed by atoms with van der Waals surface area (Å²) in [4.78, 5) is 15.7. The molecule has 2 N–H and O–H groups in total. The number of amides is 1. The molecule has 0 spiro atoms. The van der Waals surface area contributed by atoms with Crippen LogP contribution >= 0.6 is 11.6 Å². The first-order valence-electron chi connectivity index (χ1n) is 6.85. The summed E-state index contributed by atoms with van der Waals surface area (Å²) in [7, 11) is 0. The molecule has 0 unspecified atom stereocenters. The number of pyridine rings is 1. The van der Waals surface area contributed by atoms with E-state index in [4.69, 9.17) is 21.1 Å². The van der Waals surface area contributed by atoms with Crippen molar-refractivity contribution in [2.45, 2.75) is 38.8 Å². The van der Waals surface area contributed by atoms with Gasteiger partial charge in [0.1, 0.15) is 18.0 Å². The molecule has 1 aromatic heterocycles. The van der Waals surface area contributed by atoms with Crippen LogP contribution in [0.1, 0.15) is 27.2 Å². The van der Waals surface area contributed by atoms with Crippen LogP contribution in [0.15, 0.2) is 12.3 Å². The minimum Gasteiger partial charge on any atom is -0.490 e. The van der Waals surface area contributed by atoms with Crippen molar-refractivity contribution in [1.29, 1.82) is 0 Å². The molecule has 0 saturated carbocycles. The van der Waals surface area contributed by atoms with Crippen molar-refractivity contribution < 1.29 is 14.3 Å². The summed E-state index contributed by atoms with van der Waals surface area (Å²) < 4.78 is 10.8. The molecule has 2 heterocycles. The van der Waals surface area contributed by atoms with Crippen LogP contribution in [-0.4, -0.2) is 35.9 Å². The summed E-state index contributed by atoms with van der Waals surface area (Å²) in [6.45, 7) is 6.96. The number of carbonyl (C=O) groups is 1. The second kappa shape index (κ2) is 6.49. The van der Waals surface area contributed by atoms with Crippen LogP contribution in [0.4, 0.5) is 10.5 Å². The molecule has 6 nitrogen and oxygen atoms in total. The lowest BCUT2D eigenvalue weighted by Crippen LogP contribution is -2.46. The molecule has 1 aromatic rings. The Labute approximate surface area is 129 Å². The topological polar surface area (TPSA) is 72.5 Å². The first-order valence-corrected chi connectivity index (χ1v) is 7.23. The Morgan fingerprint density at radius 1 is 1.57 bits per heavy atom. The van der Waals surface area contributed by atoms with Crippen LogP contribution in [0.25, 0.3) is 0 Å². The van der Waals surface area contributed by atoms with Crippen LogP contribution in [0.3, 0.4) is 0 Å². The number of halogens is 1. The molecular formula is C14H20ClN3O3. The smallest absolute Gasteiger partial charge is 0.412 e. The molecule has 1 aliphatic rings. The number of hydrogen-bond donors (Lipinski definition) is 2. The maximum absolute atomic E-state index is 11.7. The molecule has 0 bridgehead atoms. The number of ether oxygens (including phenoxy) is 2. The monoisotopic (exact) mass is 313 g/mol. The average molecular weight is 314 g/mol. The third-order valence-corrected chi connectivity index (χ3v) is 3.13. The highest BCUT2D eigenvalue weighted by Gasteiger charge is 2.19. The van der Waals surface area contributed by atoms with Crippen LogP contribution in [-0.2, 0) is 4.74 Å². The lowest BCUT2D eigenvalue weighted by molar-refractivity contribution is 0.0636. The summed E-state index contributed by atoms with van der Waals surface area (Å²) >= 11 is 5.96. The van der Waals surface area contributed by atoms with E-state index >= 15 is 0 Å². The third kappa shape index (κ3) is 5.06.